The molecule has 1 saturated heterocycles. The predicted octanol–water partition coefficient (Wildman–Crippen LogP) is 2.84. The van der Waals surface area contributed by atoms with Gasteiger partial charge in [0.15, 0.2) is 0 Å². The number of urea groups is 1. The lowest BCUT2D eigenvalue weighted by molar-refractivity contribution is 0.0548. The van der Waals surface area contributed by atoms with Crippen molar-refractivity contribution >= 4 is 17.7 Å². The van der Waals surface area contributed by atoms with E-state index in [0.717, 1.165) is 11.3 Å². The van der Waals surface area contributed by atoms with Crippen molar-refractivity contribution < 1.29 is 19.4 Å². The van der Waals surface area contributed by atoms with Gasteiger partial charge >= 0.3 is 12.0 Å². The van der Waals surface area contributed by atoms with E-state index in [9.17, 15) is 9.59 Å². The number of ether oxygens (including phenoxy) is 1. The third-order valence-corrected chi connectivity index (χ3v) is 4.12. The monoisotopic (exact) mass is 340 g/mol. The molecule has 0 atom stereocenters. The molecule has 1 aliphatic heterocycles. The molecule has 1 fully saturated rings. The second-order valence-electron chi connectivity index (χ2n) is 5.81. The first-order valence-electron chi connectivity index (χ1n) is 8.16. The van der Waals surface area contributed by atoms with Gasteiger partial charge in [0.25, 0.3) is 0 Å². The van der Waals surface area contributed by atoms with Crippen LogP contribution in [0.25, 0.3) is 0 Å². The quantitative estimate of drug-likeness (QED) is 0.929. The number of benzene rings is 2. The summed E-state index contributed by atoms with van der Waals surface area (Å²) in [6.45, 7) is 2.60. The Labute approximate surface area is 146 Å². The van der Waals surface area contributed by atoms with E-state index < -0.39 is 5.97 Å². The maximum atomic E-state index is 13.0. The number of carbonyl (C=O) groups excluding carboxylic acids is 1. The first kappa shape index (κ1) is 17.0. The van der Waals surface area contributed by atoms with Crippen LogP contribution in [0.1, 0.15) is 15.9 Å². The second-order valence-corrected chi connectivity index (χ2v) is 5.81. The van der Waals surface area contributed by atoms with Crippen molar-refractivity contribution in [2.45, 2.75) is 6.54 Å². The Kier molecular flexibility index (Phi) is 5.30. The van der Waals surface area contributed by atoms with Gasteiger partial charge in [0.2, 0.25) is 0 Å². The highest BCUT2D eigenvalue weighted by molar-refractivity contribution is 5.92. The van der Waals surface area contributed by atoms with Crippen LogP contribution in [0.15, 0.2) is 54.6 Å². The number of carboxylic acids is 1. The number of rotatable bonds is 4. The van der Waals surface area contributed by atoms with E-state index in [1.165, 1.54) is 0 Å². The van der Waals surface area contributed by atoms with Crippen LogP contribution in [0.4, 0.5) is 10.5 Å². The number of amides is 2. The summed E-state index contributed by atoms with van der Waals surface area (Å²) in [5, 5.41) is 9.01. The highest BCUT2D eigenvalue weighted by Crippen LogP contribution is 2.20. The van der Waals surface area contributed by atoms with Crippen LogP contribution in [0, 0.1) is 0 Å². The van der Waals surface area contributed by atoms with Crippen LogP contribution in [0.2, 0.25) is 0 Å². The Balaban J connectivity index is 1.83. The van der Waals surface area contributed by atoms with Crippen molar-refractivity contribution in [1.82, 2.24) is 4.90 Å². The van der Waals surface area contributed by atoms with Crippen LogP contribution in [0.5, 0.6) is 0 Å². The third kappa shape index (κ3) is 4.16. The van der Waals surface area contributed by atoms with Crippen molar-refractivity contribution in [1.29, 1.82) is 0 Å². The normalized spacial score (nSPS) is 14.2. The fourth-order valence-electron chi connectivity index (χ4n) is 2.74. The fourth-order valence-corrected chi connectivity index (χ4v) is 2.74. The van der Waals surface area contributed by atoms with Gasteiger partial charge < -0.3 is 14.7 Å². The lowest BCUT2D eigenvalue weighted by Crippen LogP contribution is -2.48. The Morgan fingerprint density at radius 2 is 1.64 bits per heavy atom. The largest absolute Gasteiger partial charge is 0.478 e. The van der Waals surface area contributed by atoms with E-state index in [2.05, 4.69) is 0 Å². The summed E-state index contributed by atoms with van der Waals surface area (Å²) in [4.78, 5) is 27.5. The third-order valence-electron chi connectivity index (χ3n) is 4.12. The van der Waals surface area contributed by atoms with E-state index >= 15 is 0 Å². The average molecular weight is 340 g/mol. The van der Waals surface area contributed by atoms with Gasteiger partial charge in [-0.3, -0.25) is 4.90 Å². The van der Waals surface area contributed by atoms with Gasteiger partial charge in [-0.05, 0) is 29.8 Å². The molecule has 2 aromatic carbocycles. The zero-order chi connectivity index (χ0) is 17.6. The zero-order valence-electron chi connectivity index (χ0n) is 13.8. The smallest absolute Gasteiger partial charge is 0.335 e. The fraction of sp³-hybridized carbons (Fsp3) is 0.263. The van der Waals surface area contributed by atoms with E-state index in [0.29, 0.717) is 32.8 Å². The summed E-state index contributed by atoms with van der Waals surface area (Å²) in [7, 11) is 0. The van der Waals surface area contributed by atoms with Gasteiger partial charge in [-0.2, -0.15) is 0 Å². The number of nitrogens with zero attached hydrogens (tertiary/aromatic N) is 2. The minimum absolute atomic E-state index is 0.0724. The molecule has 0 aliphatic carbocycles. The number of morpholine rings is 1. The maximum Gasteiger partial charge on any atom is 0.335 e. The molecular formula is C19H20N2O4. The van der Waals surface area contributed by atoms with Crippen molar-refractivity contribution in [2.75, 3.05) is 31.2 Å². The molecule has 3 rings (SSSR count). The summed E-state index contributed by atoms with van der Waals surface area (Å²) in [5.41, 5.74) is 1.91. The Morgan fingerprint density at radius 3 is 2.24 bits per heavy atom. The van der Waals surface area contributed by atoms with Gasteiger partial charge in [-0.25, -0.2) is 9.59 Å². The topological polar surface area (TPSA) is 70.1 Å². The van der Waals surface area contributed by atoms with Crippen molar-refractivity contribution in [3.8, 4) is 0 Å². The molecule has 6 heteroatoms. The molecule has 0 unspecified atom stereocenters. The summed E-state index contributed by atoms with van der Waals surface area (Å²) >= 11 is 0. The number of carbonyl (C=O) groups is 2. The molecule has 0 bridgehead atoms. The van der Waals surface area contributed by atoms with E-state index in [1.807, 2.05) is 30.3 Å². The molecule has 25 heavy (non-hydrogen) atoms. The molecule has 2 aromatic rings. The standard InChI is InChI=1S/C19H20N2O4/c22-18(23)16-8-6-15(7-9-16)14-21(17-4-2-1-3-5-17)19(24)20-10-12-25-13-11-20/h1-9H,10-14H2,(H,22,23). The molecule has 130 valence electrons. The first-order chi connectivity index (χ1) is 12.1. The predicted molar refractivity (Wildman–Crippen MR) is 93.8 cm³/mol. The summed E-state index contributed by atoms with van der Waals surface area (Å²) in [5.74, 6) is -0.962. The molecular weight excluding hydrogens is 320 g/mol. The number of carboxylic acid groups (broad SMARTS) is 1. The summed E-state index contributed by atoms with van der Waals surface area (Å²) in [6, 6.07) is 16.0. The molecule has 1 heterocycles. The van der Waals surface area contributed by atoms with Crippen molar-refractivity contribution in [3.63, 3.8) is 0 Å². The van der Waals surface area contributed by atoms with E-state index in [4.69, 9.17) is 9.84 Å². The zero-order valence-corrected chi connectivity index (χ0v) is 13.8. The van der Waals surface area contributed by atoms with Crippen molar-refractivity contribution in [3.05, 3.63) is 65.7 Å². The number of para-hydroxylation sites is 1. The van der Waals surface area contributed by atoms with Crippen LogP contribution in [-0.2, 0) is 11.3 Å². The maximum absolute atomic E-state index is 13.0. The van der Waals surface area contributed by atoms with E-state index in [1.54, 1.807) is 34.1 Å². The van der Waals surface area contributed by atoms with Crippen LogP contribution in [-0.4, -0.2) is 48.3 Å². The van der Waals surface area contributed by atoms with Crippen LogP contribution >= 0.6 is 0 Å². The number of aromatic carboxylic acids is 1. The lowest BCUT2D eigenvalue weighted by atomic mass is 10.1. The number of hydrogen-bond donors (Lipinski definition) is 1. The SMILES string of the molecule is O=C(O)c1ccc(CN(C(=O)N2CCOCC2)c2ccccc2)cc1. The summed E-state index contributed by atoms with van der Waals surface area (Å²) in [6.07, 6.45) is 0. The van der Waals surface area contributed by atoms with Crippen LogP contribution < -0.4 is 4.90 Å². The molecule has 6 nitrogen and oxygen atoms in total. The van der Waals surface area contributed by atoms with Gasteiger partial charge in [-0.1, -0.05) is 30.3 Å². The Bertz CT molecular complexity index is 725. The van der Waals surface area contributed by atoms with Gasteiger partial charge in [0.1, 0.15) is 0 Å². The Morgan fingerprint density at radius 1 is 1.00 bits per heavy atom. The molecule has 0 saturated carbocycles. The lowest BCUT2D eigenvalue weighted by Gasteiger charge is -2.33. The van der Waals surface area contributed by atoms with Gasteiger partial charge in [0, 0.05) is 18.8 Å². The highest BCUT2D eigenvalue weighted by Gasteiger charge is 2.24. The summed E-state index contributed by atoms with van der Waals surface area (Å²) < 4.78 is 5.32. The molecule has 1 aliphatic rings. The first-order valence-corrected chi connectivity index (χ1v) is 8.16. The van der Waals surface area contributed by atoms with Crippen LogP contribution in [0.3, 0.4) is 0 Å². The Hall–Kier alpha value is -2.86. The van der Waals surface area contributed by atoms with Gasteiger partial charge in [0.05, 0.1) is 25.3 Å². The highest BCUT2D eigenvalue weighted by atomic mass is 16.5. The molecule has 2 amide bonds. The minimum Gasteiger partial charge on any atom is -0.478 e. The molecule has 0 aromatic heterocycles. The van der Waals surface area contributed by atoms with Crippen molar-refractivity contribution in [2.24, 2.45) is 0 Å². The number of anilines is 1. The average Bonchev–Trinajstić information content (AvgIpc) is 2.67. The molecule has 1 N–H and O–H groups in total. The molecule has 0 spiro atoms. The van der Waals surface area contributed by atoms with E-state index in [-0.39, 0.29) is 11.6 Å². The number of hydrogen-bond acceptors (Lipinski definition) is 3. The minimum atomic E-state index is -0.962. The van der Waals surface area contributed by atoms with Gasteiger partial charge in [-0.15, -0.1) is 0 Å². The molecule has 0 radical (unpaired) electrons. The second kappa shape index (κ2) is 7.81.